The van der Waals surface area contributed by atoms with Crippen LogP contribution in [-0.2, 0) is 10.0 Å². The van der Waals surface area contributed by atoms with E-state index < -0.39 is 22.0 Å². The molecule has 4 aromatic rings. The fourth-order valence-electron chi connectivity index (χ4n) is 3.12. The molecule has 2 heterocycles. The summed E-state index contributed by atoms with van der Waals surface area (Å²) in [6, 6.07) is 15.3. The van der Waals surface area contributed by atoms with E-state index in [2.05, 4.69) is 20.2 Å². The van der Waals surface area contributed by atoms with E-state index in [0.717, 1.165) is 0 Å². The highest BCUT2D eigenvalue weighted by molar-refractivity contribution is 7.92. The second kappa shape index (κ2) is 8.78. The molecule has 164 valence electrons. The summed E-state index contributed by atoms with van der Waals surface area (Å²) < 4.78 is 29.7. The molecule has 0 bridgehead atoms. The van der Waals surface area contributed by atoms with Crippen molar-refractivity contribution in [2.45, 2.75) is 17.9 Å². The van der Waals surface area contributed by atoms with Gasteiger partial charge in [-0.1, -0.05) is 35.3 Å². The minimum Gasteiger partial charge on any atom is -0.342 e. The summed E-state index contributed by atoms with van der Waals surface area (Å²) in [5, 5.41) is 11.3. The summed E-state index contributed by atoms with van der Waals surface area (Å²) in [6.45, 7) is 1.79. The van der Waals surface area contributed by atoms with E-state index in [1.54, 1.807) is 23.5 Å². The van der Waals surface area contributed by atoms with Crippen molar-refractivity contribution in [3.8, 4) is 0 Å². The Morgan fingerprint density at radius 1 is 1.03 bits per heavy atom. The lowest BCUT2D eigenvalue weighted by atomic mass is 10.2. The van der Waals surface area contributed by atoms with Gasteiger partial charge in [0.05, 0.1) is 11.1 Å². The molecule has 0 spiro atoms. The molecule has 0 saturated carbocycles. The third kappa shape index (κ3) is 4.55. The van der Waals surface area contributed by atoms with Crippen LogP contribution in [0.4, 0.5) is 5.69 Å². The van der Waals surface area contributed by atoms with Gasteiger partial charge in [-0.25, -0.2) is 8.42 Å². The van der Waals surface area contributed by atoms with Gasteiger partial charge in [-0.3, -0.25) is 13.9 Å². The molecule has 4 rings (SSSR count). The molecule has 0 aliphatic heterocycles. The Hall–Kier alpha value is -3.14. The first-order valence-electron chi connectivity index (χ1n) is 9.43. The minimum absolute atomic E-state index is 0.0326. The molecule has 8 nitrogen and oxygen atoms in total. The van der Waals surface area contributed by atoms with Gasteiger partial charge in [0.25, 0.3) is 15.9 Å². The molecule has 1 atom stereocenters. The summed E-state index contributed by atoms with van der Waals surface area (Å²) in [5.74, 6) is 0.174. The molecular weight excluding hydrogens is 473 g/mol. The fraction of sp³-hybridized carbons (Fsp3) is 0.0952. The van der Waals surface area contributed by atoms with Crippen LogP contribution < -0.4 is 10.0 Å². The van der Waals surface area contributed by atoms with Gasteiger partial charge in [-0.05, 0) is 55.5 Å². The summed E-state index contributed by atoms with van der Waals surface area (Å²) >= 11 is 11.9. The average molecular weight is 490 g/mol. The van der Waals surface area contributed by atoms with Crippen LogP contribution in [0.2, 0.25) is 10.0 Å². The summed E-state index contributed by atoms with van der Waals surface area (Å²) in [7, 11) is -4.01. The van der Waals surface area contributed by atoms with Crippen molar-refractivity contribution in [1.29, 1.82) is 0 Å². The van der Waals surface area contributed by atoms with Gasteiger partial charge in [-0.15, -0.1) is 10.2 Å². The number of halogens is 2. The SMILES string of the molecule is CC(NC(=O)c1cccc(NS(=O)(=O)c2cc(Cl)ccc2Cl)c1)c1nnc2ccccn12. The van der Waals surface area contributed by atoms with E-state index in [9.17, 15) is 13.2 Å². The Morgan fingerprint density at radius 2 is 1.84 bits per heavy atom. The number of aromatic nitrogens is 3. The summed E-state index contributed by atoms with van der Waals surface area (Å²) in [4.78, 5) is 12.6. The number of benzene rings is 2. The molecule has 1 amide bonds. The van der Waals surface area contributed by atoms with Crippen LogP contribution in [0.5, 0.6) is 0 Å². The zero-order valence-electron chi connectivity index (χ0n) is 16.7. The van der Waals surface area contributed by atoms with Gasteiger partial charge in [0.15, 0.2) is 11.5 Å². The highest BCUT2D eigenvalue weighted by Crippen LogP contribution is 2.27. The van der Waals surface area contributed by atoms with E-state index in [1.165, 1.54) is 30.3 Å². The van der Waals surface area contributed by atoms with E-state index in [0.29, 0.717) is 11.5 Å². The maximum absolute atomic E-state index is 12.8. The van der Waals surface area contributed by atoms with Crippen LogP contribution in [0.3, 0.4) is 0 Å². The maximum Gasteiger partial charge on any atom is 0.263 e. The molecule has 2 N–H and O–H groups in total. The van der Waals surface area contributed by atoms with Crippen molar-refractivity contribution in [3.05, 3.63) is 88.3 Å². The van der Waals surface area contributed by atoms with Crippen molar-refractivity contribution in [2.24, 2.45) is 0 Å². The van der Waals surface area contributed by atoms with Crippen LogP contribution in [0.1, 0.15) is 29.1 Å². The quantitative estimate of drug-likeness (QED) is 0.419. The lowest BCUT2D eigenvalue weighted by Crippen LogP contribution is -2.28. The number of fused-ring (bicyclic) bond motifs is 1. The monoisotopic (exact) mass is 489 g/mol. The maximum atomic E-state index is 12.8. The Morgan fingerprint density at radius 3 is 2.66 bits per heavy atom. The molecule has 0 aliphatic carbocycles. The minimum atomic E-state index is -4.01. The molecule has 0 fully saturated rings. The zero-order valence-corrected chi connectivity index (χ0v) is 19.0. The van der Waals surface area contributed by atoms with Crippen LogP contribution in [-0.4, -0.2) is 28.9 Å². The number of sulfonamides is 1. The normalized spacial score (nSPS) is 12.5. The zero-order chi connectivity index (χ0) is 22.9. The average Bonchev–Trinajstić information content (AvgIpc) is 3.19. The number of amides is 1. The number of anilines is 1. The second-order valence-electron chi connectivity index (χ2n) is 6.94. The van der Waals surface area contributed by atoms with Crippen LogP contribution in [0, 0.1) is 0 Å². The lowest BCUT2D eigenvalue weighted by molar-refractivity contribution is 0.0938. The number of nitrogens with zero attached hydrogens (tertiary/aromatic N) is 3. The van der Waals surface area contributed by atoms with Crippen molar-refractivity contribution in [2.75, 3.05) is 4.72 Å². The predicted octanol–water partition coefficient (Wildman–Crippen LogP) is 4.33. The fourth-order valence-corrected chi connectivity index (χ4v) is 4.93. The second-order valence-corrected chi connectivity index (χ2v) is 9.44. The number of hydrogen-bond acceptors (Lipinski definition) is 5. The van der Waals surface area contributed by atoms with Crippen LogP contribution in [0.25, 0.3) is 5.65 Å². The number of rotatable bonds is 6. The standard InChI is InChI=1S/C21H17Cl2N5O3S/c1-13(20-26-25-19-7-2-3-10-28(19)20)24-21(29)14-5-4-6-16(11-14)27-32(30,31)18-12-15(22)8-9-17(18)23/h2-13,27H,1H3,(H,24,29). The molecule has 2 aromatic heterocycles. The van der Waals surface area contributed by atoms with Gasteiger partial charge < -0.3 is 5.32 Å². The molecule has 1 unspecified atom stereocenters. The third-order valence-electron chi connectivity index (χ3n) is 4.63. The highest BCUT2D eigenvalue weighted by atomic mass is 35.5. The summed E-state index contributed by atoms with van der Waals surface area (Å²) in [5.41, 5.74) is 1.14. The Bertz CT molecular complexity index is 1420. The highest BCUT2D eigenvalue weighted by Gasteiger charge is 2.20. The van der Waals surface area contributed by atoms with Crippen LogP contribution in [0.15, 0.2) is 71.8 Å². The number of carbonyl (C=O) groups is 1. The molecule has 0 saturated heterocycles. The van der Waals surface area contributed by atoms with Gasteiger partial charge in [0, 0.05) is 22.5 Å². The lowest BCUT2D eigenvalue weighted by Gasteiger charge is -2.14. The molecule has 0 radical (unpaired) electrons. The van der Waals surface area contributed by atoms with Crippen molar-refractivity contribution in [3.63, 3.8) is 0 Å². The van der Waals surface area contributed by atoms with E-state index in [1.807, 2.05) is 24.4 Å². The van der Waals surface area contributed by atoms with Gasteiger partial charge in [0.2, 0.25) is 0 Å². The number of hydrogen-bond donors (Lipinski definition) is 2. The predicted molar refractivity (Wildman–Crippen MR) is 123 cm³/mol. The largest absolute Gasteiger partial charge is 0.342 e. The smallest absolute Gasteiger partial charge is 0.263 e. The van der Waals surface area contributed by atoms with Crippen LogP contribution >= 0.6 is 23.2 Å². The third-order valence-corrected chi connectivity index (χ3v) is 6.73. The number of carbonyl (C=O) groups excluding carboxylic acids is 1. The van der Waals surface area contributed by atoms with Gasteiger partial charge >= 0.3 is 0 Å². The summed E-state index contributed by atoms with van der Waals surface area (Å²) in [6.07, 6.45) is 1.81. The van der Waals surface area contributed by atoms with Gasteiger partial charge in [0.1, 0.15) is 4.90 Å². The number of pyridine rings is 1. The molecule has 32 heavy (non-hydrogen) atoms. The molecule has 11 heteroatoms. The number of nitrogens with one attached hydrogen (secondary N) is 2. The van der Waals surface area contributed by atoms with Crippen molar-refractivity contribution >= 4 is 50.5 Å². The van der Waals surface area contributed by atoms with E-state index in [4.69, 9.17) is 23.2 Å². The van der Waals surface area contributed by atoms with Crippen molar-refractivity contribution in [1.82, 2.24) is 19.9 Å². The molecule has 2 aromatic carbocycles. The first-order valence-corrected chi connectivity index (χ1v) is 11.7. The van der Waals surface area contributed by atoms with E-state index in [-0.39, 0.29) is 26.2 Å². The first-order chi connectivity index (χ1) is 15.2. The first kappa shape index (κ1) is 22.1. The molecule has 0 aliphatic rings. The topological polar surface area (TPSA) is 105 Å². The Labute approximate surface area is 194 Å². The Kier molecular flexibility index (Phi) is 6.05. The van der Waals surface area contributed by atoms with Gasteiger partial charge in [-0.2, -0.15) is 0 Å². The Balaban J connectivity index is 1.53. The van der Waals surface area contributed by atoms with E-state index >= 15 is 0 Å². The molecular formula is C21H17Cl2N5O3S. The van der Waals surface area contributed by atoms with Crippen molar-refractivity contribution < 1.29 is 13.2 Å².